The first-order valence-corrected chi connectivity index (χ1v) is 8.03. The number of aryl methyl sites for hydroxylation is 3. The van der Waals surface area contributed by atoms with Gasteiger partial charge in [-0.3, -0.25) is 4.68 Å². The van der Waals surface area contributed by atoms with Gasteiger partial charge < -0.3 is 5.73 Å². The number of hydrogen-bond acceptors (Lipinski definition) is 2. The second-order valence-electron chi connectivity index (χ2n) is 5.91. The maximum atomic E-state index is 6.51. The number of fused-ring (bicyclic) bond motifs is 1. The van der Waals surface area contributed by atoms with Crippen LogP contribution in [0, 0.1) is 5.92 Å². The molecule has 4 heteroatoms. The highest BCUT2D eigenvalue weighted by Crippen LogP contribution is 2.36. The van der Waals surface area contributed by atoms with Gasteiger partial charge in [0.25, 0.3) is 0 Å². The molecular formula is C17H22ClN3. The number of nitrogens with two attached hydrogens (primary N) is 1. The van der Waals surface area contributed by atoms with Gasteiger partial charge in [-0.1, -0.05) is 42.8 Å². The normalized spacial score (nSPS) is 21.3. The summed E-state index contributed by atoms with van der Waals surface area (Å²) in [6.45, 7) is 2.08. The van der Waals surface area contributed by atoms with Crippen molar-refractivity contribution in [1.29, 1.82) is 0 Å². The Hall–Kier alpha value is -1.32. The van der Waals surface area contributed by atoms with Crippen LogP contribution in [0.5, 0.6) is 0 Å². The van der Waals surface area contributed by atoms with Crippen LogP contribution >= 0.6 is 11.6 Å². The number of hydrogen-bond donors (Lipinski definition) is 1. The van der Waals surface area contributed by atoms with Crippen LogP contribution in [0.2, 0.25) is 5.02 Å². The molecule has 0 saturated carbocycles. The van der Waals surface area contributed by atoms with Crippen molar-refractivity contribution >= 4 is 11.6 Å². The monoisotopic (exact) mass is 303 g/mol. The van der Waals surface area contributed by atoms with E-state index in [1.165, 1.54) is 11.1 Å². The van der Waals surface area contributed by atoms with Crippen LogP contribution in [0.15, 0.2) is 24.3 Å². The summed E-state index contributed by atoms with van der Waals surface area (Å²) in [6, 6.07) is 8.61. The minimum atomic E-state index is 0.0889. The Morgan fingerprint density at radius 1 is 1.38 bits per heavy atom. The quantitative estimate of drug-likeness (QED) is 0.944. The highest BCUT2D eigenvalue weighted by Gasteiger charge is 2.28. The largest absolute Gasteiger partial charge is 0.324 e. The third-order valence-electron chi connectivity index (χ3n) is 4.67. The van der Waals surface area contributed by atoms with E-state index in [4.69, 9.17) is 17.3 Å². The fraction of sp³-hybridized carbons (Fsp3) is 0.471. The van der Waals surface area contributed by atoms with Crippen molar-refractivity contribution in [2.45, 2.75) is 38.6 Å². The summed E-state index contributed by atoms with van der Waals surface area (Å²) in [4.78, 5) is 0. The molecule has 3 nitrogen and oxygen atoms in total. The average molecular weight is 304 g/mol. The third kappa shape index (κ3) is 2.60. The molecule has 0 bridgehead atoms. The van der Waals surface area contributed by atoms with Gasteiger partial charge in [0.2, 0.25) is 0 Å². The second kappa shape index (κ2) is 5.82. The van der Waals surface area contributed by atoms with E-state index < -0.39 is 0 Å². The van der Waals surface area contributed by atoms with Crippen LogP contribution in [0.3, 0.4) is 0 Å². The summed E-state index contributed by atoms with van der Waals surface area (Å²) >= 11 is 6.47. The van der Waals surface area contributed by atoms with E-state index in [2.05, 4.69) is 36.3 Å². The zero-order valence-corrected chi connectivity index (χ0v) is 13.4. The lowest BCUT2D eigenvalue weighted by atomic mass is 9.78. The molecule has 0 spiro atoms. The minimum absolute atomic E-state index is 0.0889. The van der Waals surface area contributed by atoms with Crippen molar-refractivity contribution in [2.75, 3.05) is 0 Å². The molecule has 1 aliphatic carbocycles. The van der Waals surface area contributed by atoms with Crippen molar-refractivity contribution < 1.29 is 0 Å². The Morgan fingerprint density at radius 2 is 2.14 bits per heavy atom. The van der Waals surface area contributed by atoms with E-state index in [0.717, 1.165) is 42.1 Å². The molecule has 0 saturated heterocycles. The fourth-order valence-corrected chi connectivity index (χ4v) is 3.75. The molecule has 1 aliphatic rings. The van der Waals surface area contributed by atoms with Gasteiger partial charge in [0.1, 0.15) is 0 Å². The Kier molecular flexibility index (Phi) is 4.05. The minimum Gasteiger partial charge on any atom is -0.324 e. The van der Waals surface area contributed by atoms with Crippen molar-refractivity contribution in [2.24, 2.45) is 18.7 Å². The lowest BCUT2D eigenvalue weighted by molar-refractivity contribution is 0.368. The van der Waals surface area contributed by atoms with Crippen LogP contribution in [-0.2, 0) is 26.3 Å². The first-order chi connectivity index (χ1) is 10.1. The summed E-state index contributed by atoms with van der Waals surface area (Å²) in [7, 11) is 1.97. The van der Waals surface area contributed by atoms with Crippen LogP contribution in [-0.4, -0.2) is 9.78 Å². The van der Waals surface area contributed by atoms with Crippen molar-refractivity contribution in [3.8, 4) is 0 Å². The number of rotatable bonds is 3. The molecule has 1 heterocycles. The molecule has 112 valence electrons. The zero-order valence-electron chi connectivity index (χ0n) is 12.6. The molecule has 0 aliphatic heterocycles. The Balaban J connectivity index is 1.85. The molecule has 0 radical (unpaired) electrons. The molecule has 0 fully saturated rings. The van der Waals surface area contributed by atoms with E-state index in [9.17, 15) is 0 Å². The Bertz CT molecular complexity index is 647. The fourth-order valence-electron chi connectivity index (χ4n) is 3.38. The lowest BCUT2D eigenvalue weighted by Gasteiger charge is -2.31. The first kappa shape index (κ1) is 14.6. The van der Waals surface area contributed by atoms with E-state index in [0.29, 0.717) is 5.92 Å². The number of benzene rings is 1. The maximum absolute atomic E-state index is 6.51. The Morgan fingerprint density at radius 3 is 2.86 bits per heavy atom. The first-order valence-electron chi connectivity index (χ1n) is 7.65. The van der Waals surface area contributed by atoms with Crippen LogP contribution < -0.4 is 5.73 Å². The molecule has 2 atom stereocenters. The van der Waals surface area contributed by atoms with Crippen LogP contribution in [0.1, 0.15) is 41.9 Å². The van der Waals surface area contributed by atoms with E-state index in [1.54, 1.807) is 0 Å². The number of nitrogens with zero attached hydrogens (tertiary/aromatic N) is 2. The summed E-state index contributed by atoms with van der Waals surface area (Å²) < 4.78 is 1.92. The molecule has 2 aromatic rings. The topological polar surface area (TPSA) is 43.8 Å². The van der Waals surface area contributed by atoms with E-state index >= 15 is 0 Å². The van der Waals surface area contributed by atoms with Gasteiger partial charge in [0, 0.05) is 13.1 Å². The van der Waals surface area contributed by atoms with Gasteiger partial charge in [0.15, 0.2) is 0 Å². The molecule has 0 amide bonds. The molecule has 3 rings (SSSR count). The Labute approximate surface area is 131 Å². The van der Waals surface area contributed by atoms with E-state index in [-0.39, 0.29) is 6.04 Å². The van der Waals surface area contributed by atoms with Gasteiger partial charge in [-0.15, -0.1) is 0 Å². The van der Waals surface area contributed by atoms with Gasteiger partial charge in [-0.25, -0.2) is 0 Å². The standard InChI is InChI=1S/C17H22ClN3/c1-3-14-16(18)15(21(2)20-14)10-12-9-8-11-6-4-5-7-13(11)17(12)19/h4-7,12,17H,3,8-10,19H2,1-2H3. The number of aromatic nitrogens is 2. The van der Waals surface area contributed by atoms with Crippen LogP contribution in [0.4, 0.5) is 0 Å². The lowest BCUT2D eigenvalue weighted by Crippen LogP contribution is -2.29. The van der Waals surface area contributed by atoms with Gasteiger partial charge in [-0.2, -0.15) is 5.10 Å². The van der Waals surface area contributed by atoms with Crippen molar-refractivity contribution in [3.05, 3.63) is 51.8 Å². The third-order valence-corrected chi connectivity index (χ3v) is 5.10. The van der Waals surface area contributed by atoms with Gasteiger partial charge in [-0.05, 0) is 42.7 Å². The predicted octanol–water partition coefficient (Wildman–Crippen LogP) is 3.44. The predicted molar refractivity (Wildman–Crippen MR) is 86.5 cm³/mol. The summed E-state index contributed by atoms with van der Waals surface area (Å²) in [5, 5.41) is 5.33. The summed E-state index contributed by atoms with van der Waals surface area (Å²) in [5.41, 5.74) is 11.3. The smallest absolute Gasteiger partial charge is 0.0849 e. The van der Waals surface area contributed by atoms with Crippen molar-refractivity contribution in [1.82, 2.24) is 9.78 Å². The maximum Gasteiger partial charge on any atom is 0.0849 e. The molecule has 2 unspecified atom stereocenters. The van der Waals surface area contributed by atoms with Gasteiger partial charge in [0.05, 0.1) is 16.4 Å². The molecule has 1 aromatic heterocycles. The molecular weight excluding hydrogens is 282 g/mol. The number of halogens is 1. The van der Waals surface area contributed by atoms with E-state index in [1.807, 2.05) is 11.7 Å². The zero-order chi connectivity index (χ0) is 15.0. The molecule has 21 heavy (non-hydrogen) atoms. The highest BCUT2D eigenvalue weighted by molar-refractivity contribution is 6.31. The van der Waals surface area contributed by atoms with Crippen LogP contribution in [0.25, 0.3) is 0 Å². The summed E-state index contributed by atoms with van der Waals surface area (Å²) in [6.07, 6.45) is 3.98. The summed E-state index contributed by atoms with van der Waals surface area (Å²) in [5.74, 6) is 0.428. The van der Waals surface area contributed by atoms with Crippen molar-refractivity contribution in [3.63, 3.8) is 0 Å². The van der Waals surface area contributed by atoms with Gasteiger partial charge >= 0.3 is 0 Å². The SMILES string of the molecule is CCc1nn(C)c(CC2CCc3ccccc3C2N)c1Cl. The highest BCUT2D eigenvalue weighted by atomic mass is 35.5. The molecule has 1 aromatic carbocycles. The second-order valence-corrected chi connectivity index (χ2v) is 6.29. The molecule has 2 N–H and O–H groups in total. The average Bonchev–Trinajstić information content (AvgIpc) is 2.77.